The number of nitrogens with zero attached hydrogens (tertiary/aromatic N) is 2. The van der Waals surface area contributed by atoms with Gasteiger partial charge in [0, 0.05) is 38.8 Å². The molecule has 0 aromatic heterocycles. The van der Waals surface area contributed by atoms with Gasteiger partial charge in [-0.15, -0.1) is 0 Å². The van der Waals surface area contributed by atoms with Crippen molar-refractivity contribution in [2.24, 2.45) is 5.73 Å². The number of rotatable bonds is 6. The zero-order chi connectivity index (χ0) is 12.9. The number of hydrogen-bond acceptors (Lipinski definition) is 4. The summed E-state index contributed by atoms with van der Waals surface area (Å²) in [4.78, 5) is 4.90. The van der Waals surface area contributed by atoms with E-state index in [4.69, 9.17) is 5.73 Å². The van der Waals surface area contributed by atoms with Gasteiger partial charge >= 0.3 is 0 Å². The fourth-order valence-corrected chi connectivity index (χ4v) is 2.67. The smallest absolute Gasteiger partial charge is 0.0718 e. The Balaban J connectivity index is 2.34. The second-order valence-corrected chi connectivity index (χ2v) is 5.76. The summed E-state index contributed by atoms with van der Waals surface area (Å²) in [7, 11) is 0. The summed E-state index contributed by atoms with van der Waals surface area (Å²) >= 11 is 0. The Kier molecular flexibility index (Phi) is 5.86. The Labute approximate surface area is 106 Å². The molecule has 4 heteroatoms. The molecular weight excluding hydrogens is 214 g/mol. The Morgan fingerprint density at radius 1 is 1.24 bits per heavy atom. The molecule has 0 radical (unpaired) electrons. The summed E-state index contributed by atoms with van der Waals surface area (Å²) in [5, 5.41) is 9.80. The lowest BCUT2D eigenvalue weighted by molar-refractivity contribution is 0.0100. The van der Waals surface area contributed by atoms with E-state index in [-0.39, 0.29) is 0 Å². The maximum absolute atomic E-state index is 9.80. The molecule has 1 atom stereocenters. The van der Waals surface area contributed by atoms with Gasteiger partial charge in [-0.25, -0.2) is 0 Å². The van der Waals surface area contributed by atoms with Crippen LogP contribution in [0.1, 0.15) is 33.6 Å². The topological polar surface area (TPSA) is 52.7 Å². The number of β-amino-alcohol motifs (C(OH)–C–C–N with tert-alkyl or cyclic N) is 1. The van der Waals surface area contributed by atoms with Crippen LogP contribution in [0.3, 0.4) is 0 Å². The summed E-state index contributed by atoms with van der Waals surface area (Å²) in [6.07, 6.45) is 2.28. The molecule has 1 fully saturated rings. The number of nitrogens with two attached hydrogens (primary N) is 1. The van der Waals surface area contributed by atoms with Crippen LogP contribution >= 0.6 is 0 Å². The number of aliphatic hydroxyl groups is 1. The molecule has 0 aromatic carbocycles. The van der Waals surface area contributed by atoms with E-state index in [0.717, 1.165) is 45.7 Å². The van der Waals surface area contributed by atoms with E-state index in [2.05, 4.69) is 16.7 Å². The average Bonchev–Trinajstić information content (AvgIpc) is 2.25. The van der Waals surface area contributed by atoms with Crippen molar-refractivity contribution in [3.8, 4) is 0 Å². The molecule has 0 saturated carbocycles. The van der Waals surface area contributed by atoms with Crippen LogP contribution in [0.2, 0.25) is 0 Å². The summed E-state index contributed by atoms with van der Waals surface area (Å²) in [5.74, 6) is 0. The first-order valence-electron chi connectivity index (χ1n) is 6.85. The Hall–Kier alpha value is -0.160. The van der Waals surface area contributed by atoms with Crippen LogP contribution in [0.4, 0.5) is 0 Å². The zero-order valence-corrected chi connectivity index (χ0v) is 11.7. The molecule has 1 heterocycles. The maximum atomic E-state index is 9.80. The van der Waals surface area contributed by atoms with Crippen LogP contribution in [0.25, 0.3) is 0 Å². The molecule has 4 nitrogen and oxygen atoms in total. The van der Waals surface area contributed by atoms with E-state index >= 15 is 0 Å². The average molecular weight is 243 g/mol. The van der Waals surface area contributed by atoms with Gasteiger partial charge in [0.15, 0.2) is 0 Å². The lowest BCUT2D eigenvalue weighted by Crippen LogP contribution is -2.53. The lowest BCUT2D eigenvalue weighted by atomic mass is 10.1. The molecule has 1 rings (SSSR count). The molecule has 0 spiro atoms. The van der Waals surface area contributed by atoms with E-state index in [1.54, 1.807) is 0 Å². The molecule has 3 N–H and O–H groups in total. The van der Waals surface area contributed by atoms with Crippen molar-refractivity contribution in [2.75, 3.05) is 39.3 Å². The summed E-state index contributed by atoms with van der Waals surface area (Å²) in [6, 6.07) is 0.643. The SMILES string of the molecule is CCC(CCN)N1CCN(CC(C)(C)O)CC1. The Morgan fingerprint density at radius 2 is 1.82 bits per heavy atom. The van der Waals surface area contributed by atoms with Crippen LogP contribution in [-0.2, 0) is 0 Å². The first kappa shape index (κ1) is 14.9. The highest BCUT2D eigenvalue weighted by Crippen LogP contribution is 2.13. The normalized spacial score (nSPS) is 21.7. The summed E-state index contributed by atoms with van der Waals surface area (Å²) in [5.41, 5.74) is 5.07. The largest absolute Gasteiger partial charge is 0.389 e. The van der Waals surface area contributed by atoms with Crippen LogP contribution in [0.5, 0.6) is 0 Å². The van der Waals surface area contributed by atoms with Crippen molar-refractivity contribution in [2.45, 2.75) is 45.3 Å². The van der Waals surface area contributed by atoms with Crippen molar-refractivity contribution < 1.29 is 5.11 Å². The quantitative estimate of drug-likeness (QED) is 0.713. The molecule has 17 heavy (non-hydrogen) atoms. The molecule has 0 aliphatic carbocycles. The monoisotopic (exact) mass is 243 g/mol. The fraction of sp³-hybridized carbons (Fsp3) is 1.00. The molecule has 1 saturated heterocycles. The van der Waals surface area contributed by atoms with Crippen molar-refractivity contribution >= 4 is 0 Å². The molecular formula is C13H29N3O. The minimum Gasteiger partial charge on any atom is -0.389 e. The van der Waals surface area contributed by atoms with Gasteiger partial charge in [-0.1, -0.05) is 6.92 Å². The van der Waals surface area contributed by atoms with Gasteiger partial charge in [-0.3, -0.25) is 9.80 Å². The Morgan fingerprint density at radius 3 is 2.24 bits per heavy atom. The third-order valence-corrected chi connectivity index (χ3v) is 3.50. The Bertz CT molecular complexity index is 207. The third kappa shape index (κ3) is 5.34. The van der Waals surface area contributed by atoms with Crippen LogP contribution in [-0.4, -0.2) is 65.8 Å². The predicted octanol–water partition coefficient (Wildman–Crippen LogP) is 0.502. The highest BCUT2D eigenvalue weighted by molar-refractivity contribution is 4.81. The molecule has 0 amide bonds. The van der Waals surface area contributed by atoms with Crippen molar-refractivity contribution in [3.63, 3.8) is 0 Å². The van der Waals surface area contributed by atoms with Gasteiger partial charge in [0.05, 0.1) is 5.60 Å². The van der Waals surface area contributed by atoms with Crippen molar-refractivity contribution in [1.82, 2.24) is 9.80 Å². The van der Waals surface area contributed by atoms with Crippen molar-refractivity contribution in [1.29, 1.82) is 0 Å². The molecule has 0 aromatic rings. The first-order chi connectivity index (χ1) is 7.96. The van der Waals surface area contributed by atoms with E-state index in [1.807, 2.05) is 13.8 Å². The van der Waals surface area contributed by atoms with Gasteiger partial charge < -0.3 is 10.8 Å². The predicted molar refractivity (Wildman–Crippen MR) is 72.1 cm³/mol. The van der Waals surface area contributed by atoms with Crippen LogP contribution < -0.4 is 5.73 Å². The maximum Gasteiger partial charge on any atom is 0.0718 e. The number of piperazine rings is 1. The highest BCUT2D eigenvalue weighted by Gasteiger charge is 2.25. The number of hydrogen-bond donors (Lipinski definition) is 2. The van der Waals surface area contributed by atoms with Gasteiger partial charge in [-0.05, 0) is 33.2 Å². The second-order valence-electron chi connectivity index (χ2n) is 5.76. The standard InChI is InChI=1S/C13H29N3O/c1-4-12(5-6-14)16-9-7-15(8-10-16)11-13(2,3)17/h12,17H,4-11,14H2,1-3H3. The summed E-state index contributed by atoms with van der Waals surface area (Å²) < 4.78 is 0. The van der Waals surface area contributed by atoms with E-state index in [9.17, 15) is 5.11 Å². The van der Waals surface area contributed by atoms with Gasteiger partial charge in [-0.2, -0.15) is 0 Å². The van der Waals surface area contributed by atoms with E-state index in [0.29, 0.717) is 6.04 Å². The molecule has 1 aliphatic heterocycles. The minimum atomic E-state index is -0.580. The van der Waals surface area contributed by atoms with Gasteiger partial charge in [0.25, 0.3) is 0 Å². The minimum absolute atomic E-state index is 0.580. The van der Waals surface area contributed by atoms with Gasteiger partial charge in [0.1, 0.15) is 0 Å². The third-order valence-electron chi connectivity index (χ3n) is 3.50. The lowest BCUT2D eigenvalue weighted by Gasteiger charge is -2.40. The van der Waals surface area contributed by atoms with E-state index in [1.165, 1.54) is 6.42 Å². The fourth-order valence-electron chi connectivity index (χ4n) is 2.67. The van der Waals surface area contributed by atoms with Gasteiger partial charge in [0.2, 0.25) is 0 Å². The molecule has 1 aliphatic rings. The van der Waals surface area contributed by atoms with Crippen LogP contribution in [0.15, 0.2) is 0 Å². The highest BCUT2D eigenvalue weighted by atomic mass is 16.3. The van der Waals surface area contributed by atoms with Crippen LogP contribution in [0, 0.1) is 0 Å². The first-order valence-corrected chi connectivity index (χ1v) is 6.85. The second kappa shape index (κ2) is 6.69. The molecule has 0 bridgehead atoms. The molecule has 102 valence electrons. The van der Waals surface area contributed by atoms with E-state index < -0.39 is 5.60 Å². The summed E-state index contributed by atoms with van der Waals surface area (Å²) in [6.45, 7) is 11.9. The van der Waals surface area contributed by atoms with Crippen molar-refractivity contribution in [3.05, 3.63) is 0 Å². The zero-order valence-electron chi connectivity index (χ0n) is 11.7. The molecule has 1 unspecified atom stereocenters.